The van der Waals surface area contributed by atoms with Crippen LogP contribution in [0.25, 0.3) is 5.69 Å². The van der Waals surface area contributed by atoms with Crippen LogP contribution in [0.1, 0.15) is 27.8 Å². The van der Waals surface area contributed by atoms with E-state index in [1.807, 2.05) is 0 Å². The number of hydrogen-bond donors (Lipinski definition) is 0. The zero-order chi connectivity index (χ0) is 16.1. The smallest absolute Gasteiger partial charge is 0.379 e. The Hall–Kier alpha value is -2.89. The number of ether oxygens (including phenoxy) is 2. The lowest BCUT2D eigenvalue weighted by molar-refractivity contribution is -0.137. The van der Waals surface area contributed by atoms with Crippen LogP contribution in [-0.2, 0) is 9.53 Å². The first-order chi connectivity index (χ1) is 10.6. The van der Waals surface area contributed by atoms with E-state index in [1.54, 1.807) is 38.3 Å². The Morgan fingerprint density at radius 2 is 1.91 bits per heavy atom. The van der Waals surface area contributed by atoms with Gasteiger partial charge in [0.15, 0.2) is 6.29 Å². The quantitative estimate of drug-likeness (QED) is 0.353. The molecular formula is C16H15NO5. The average molecular weight is 301 g/mol. The first-order valence-corrected chi connectivity index (χ1v) is 6.64. The lowest BCUT2D eigenvalue weighted by Crippen LogP contribution is -2.16. The molecule has 0 radical (unpaired) electrons. The maximum absolute atomic E-state index is 11.9. The van der Waals surface area contributed by atoms with E-state index in [0.717, 1.165) is 0 Å². The second-order valence-electron chi connectivity index (χ2n) is 4.39. The number of benzene rings is 1. The minimum atomic E-state index is -0.938. The second-order valence-corrected chi connectivity index (χ2v) is 4.39. The topological polar surface area (TPSA) is 74.6 Å². The van der Waals surface area contributed by atoms with Gasteiger partial charge in [0.05, 0.1) is 19.4 Å². The molecule has 0 atom stereocenters. The minimum Gasteiger partial charge on any atom is -0.497 e. The van der Waals surface area contributed by atoms with Crippen LogP contribution >= 0.6 is 0 Å². The summed E-state index contributed by atoms with van der Waals surface area (Å²) in [5.74, 6) is -1.05. The van der Waals surface area contributed by atoms with Gasteiger partial charge in [-0.2, -0.15) is 0 Å². The molecule has 2 aromatic rings. The van der Waals surface area contributed by atoms with Crippen molar-refractivity contribution >= 4 is 18.0 Å². The summed E-state index contributed by atoms with van der Waals surface area (Å²) >= 11 is 0. The van der Waals surface area contributed by atoms with E-state index >= 15 is 0 Å². The molecule has 0 aliphatic carbocycles. The molecule has 0 fully saturated rings. The van der Waals surface area contributed by atoms with Crippen LogP contribution in [0.15, 0.2) is 36.5 Å². The Bertz CT molecular complexity index is 700. The summed E-state index contributed by atoms with van der Waals surface area (Å²) in [4.78, 5) is 34.6. The van der Waals surface area contributed by atoms with Crippen molar-refractivity contribution in [3.63, 3.8) is 0 Å². The molecule has 0 aliphatic rings. The minimum absolute atomic E-state index is 0.108. The third kappa shape index (κ3) is 3.06. The molecule has 0 spiro atoms. The fraction of sp³-hybridized carbons (Fsp3) is 0.188. The number of ketones is 1. The summed E-state index contributed by atoms with van der Waals surface area (Å²) in [7, 11) is 1.55. The Morgan fingerprint density at radius 1 is 1.23 bits per heavy atom. The number of carbonyl (C=O) groups is 3. The molecule has 0 saturated heterocycles. The van der Waals surface area contributed by atoms with Gasteiger partial charge in [0, 0.05) is 17.4 Å². The van der Waals surface area contributed by atoms with Crippen molar-refractivity contribution in [2.24, 2.45) is 0 Å². The normalized spacial score (nSPS) is 10.1. The Morgan fingerprint density at radius 3 is 2.45 bits per heavy atom. The maximum atomic E-state index is 11.9. The van der Waals surface area contributed by atoms with Crippen LogP contribution in [-0.4, -0.2) is 36.3 Å². The number of aromatic nitrogens is 1. The highest BCUT2D eigenvalue weighted by Crippen LogP contribution is 2.19. The first kappa shape index (κ1) is 15.5. The Labute approximate surface area is 127 Å². The Balaban J connectivity index is 2.38. The number of esters is 1. The number of rotatable bonds is 6. The van der Waals surface area contributed by atoms with Crippen LogP contribution in [0.4, 0.5) is 0 Å². The first-order valence-electron chi connectivity index (χ1n) is 6.64. The van der Waals surface area contributed by atoms with Crippen LogP contribution < -0.4 is 4.74 Å². The monoisotopic (exact) mass is 301 g/mol. The number of carbonyl (C=O) groups excluding carboxylic acids is 3. The molecule has 0 bridgehead atoms. The summed E-state index contributed by atoms with van der Waals surface area (Å²) in [5, 5.41) is 0. The summed E-state index contributed by atoms with van der Waals surface area (Å²) in [5.41, 5.74) is 1.04. The van der Waals surface area contributed by atoms with Crippen LogP contribution in [0.2, 0.25) is 0 Å². The van der Waals surface area contributed by atoms with E-state index in [2.05, 4.69) is 4.74 Å². The standard InChI is InChI=1S/C16H15NO5/c1-3-22-16(20)15(19)11-8-13(10-18)17(9-11)12-4-6-14(21-2)7-5-12/h4-10H,3H2,1-2H3. The van der Waals surface area contributed by atoms with Gasteiger partial charge in [-0.15, -0.1) is 0 Å². The Kier molecular flexibility index (Phi) is 4.73. The third-order valence-corrected chi connectivity index (χ3v) is 3.04. The summed E-state index contributed by atoms with van der Waals surface area (Å²) in [6.45, 7) is 1.73. The molecule has 0 aliphatic heterocycles. The molecular weight excluding hydrogens is 286 g/mol. The van der Waals surface area contributed by atoms with Crippen molar-refractivity contribution in [3.8, 4) is 11.4 Å². The van der Waals surface area contributed by atoms with Gasteiger partial charge >= 0.3 is 5.97 Å². The fourth-order valence-electron chi connectivity index (χ4n) is 1.98. The summed E-state index contributed by atoms with van der Waals surface area (Å²) in [6.07, 6.45) is 2.05. The molecule has 0 amide bonds. The van der Waals surface area contributed by atoms with Crippen molar-refractivity contribution in [2.75, 3.05) is 13.7 Å². The molecule has 1 aromatic carbocycles. The van der Waals surface area contributed by atoms with E-state index in [9.17, 15) is 14.4 Å². The fourth-order valence-corrected chi connectivity index (χ4v) is 1.98. The average Bonchev–Trinajstić information content (AvgIpc) is 2.98. The predicted octanol–water partition coefficient (Wildman–Crippen LogP) is 2.04. The van der Waals surface area contributed by atoms with Gasteiger partial charge in [-0.25, -0.2) is 4.79 Å². The molecule has 6 heteroatoms. The highest BCUT2D eigenvalue weighted by atomic mass is 16.5. The largest absolute Gasteiger partial charge is 0.497 e. The number of methoxy groups -OCH3 is 1. The van der Waals surface area contributed by atoms with Crippen LogP contribution in [0.3, 0.4) is 0 Å². The predicted molar refractivity (Wildman–Crippen MR) is 78.7 cm³/mol. The summed E-state index contributed by atoms with van der Waals surface area (Å²) < 4.78 is 11.3. The van der Waals surface area contributed by atoms with E-state index in [4.69, 9.17) is 4.74 Å². The highest BCUT2D eigenvalue weighted by molar-refractivity contribution is 6.40. The lowest BCUT2D eigenvalue weighted by atomic mass is 10.2. The van der Waals surface area contributed by atoms with Crippen LogP contribution in [0, 0.1) is 0 Å². The second kappa shape index (κ2) is 6.71. The van der Waals surface area contributed by atoms with Crippen molar-refractivity contribution in [2.45, 2.75) is 6.92 Å². The number of Topliss-reactive ketones (excluding diaryl/α,β-unsaturated/α-hetero) is 1. The number of nitrogens with zero attached hydrogens (tertiary/aromatic N) is 1. The van der Waals surface area contributed by atoms with Gasteiger partial charge in [0.2, 0.25) is 0 Å². The van der Waals surface area contributed by atoms with E-state index in [1.165, 1.54) is 16.8 Å². The van der Waals surface area contributed by atoms with Gasteiger partial charge in [0.25, 0.3) is 5.78 Å². The molecule has 2 rings (SSSR count). The molecule has 22 heavy (non-hydrogen) atoms. The van der Waals surface area contributed by atoms with Gasteiger partial charge in [-0.1, -0.05) is 0 Å². The maximum Gasteiger partial charge on any atom is 0.379 e. The molecule has 0 N–H and O–H groups in total. The van der Waals surface area contributed by atoms with E-state index in [-0.39, 0.29) is 17.9 Å². The van der Waals surface area contributed by atoms with Gasteiger partial charge in [-0.3, -0.25) is 9.59 Å². The molecule has 1 aromatic heterocycles. The van der Waals surface area contributed by atoms with Gasteiger partial charge < -0.3 is 14.0 Å². The van der Waals surface area contributed by atoms with E-state index < -0.39 is 11.8 Å². The number of hydrogen-bond acceptors (Lipinski definition) is 5. The molecule has 0 unspecified atom stereocenters. The van der Waals surface area contributed by atoms with Gasteiger partial charge in [0.1, 0.15) is 5.75 Å². The third-order valence-electron chi connectivity index (χ3n) is 3.04. The molecule has 1 heterocycles. The molecule has 6 nitrogen and oxygen atoms in total. The van der Waals surface area contributed by atoms with Crippen molar-refractivity contribution < 1.29 is 23.9 Å². The van der Waals surface area contributed by atoms with Crippen molar-refractivity contribution in [1.29, 1.82) is 0 Å². The van der Waals surface area contributed by atoms with Crippen molar-refractivity contribution in [3.05, 3.63) is 47.8 Å². The molecule has 114 valence electrons. The SMILES string of the molecule is CCOC(=O)C(=O)c1cc(C=O)n(-c2ccc(OC)cc2)c1. The molecule has 0 saturated carbocycles. The van der Waals surface area contributed by atoms with Crippen LogP contribution in [0.5, 0.6) is 5.75 Å². The number of aldehydes is 1. The van der Waals surface area contributed by atoms with Gasteiger partial charge in [-0.05, 0) is 37.3 Å². The zero-order valence-corrected chi connectivity index (χ0v) is 12.2. The highest BCUT2D eigenvalue weighted by Gasteiger charge is 2.20. The lowest BCUT2D eigenvalue weighted by Gasteiger charge is -2.06. The van der Waals surface area contributed by atoms with Crippen molar-refractivity contribution in [1.82, 2.24) is 4.57 Å². The van der Waals surface area contributed by atoms with E-state index in [0.29, 0.717) is 17.7 Å². The summed E-state index contributed by atoms with van der Waals surface area (Å²) in [6, 6.07) is 8.30. The zero-order valence-electron chi connectivity index (χ0n) is 12.2.